The summed E-state index contributed by atoms with van der Waals surface area (Å²) in [6.45, 7) is 0. The lowest BCUT2D eigenvalue weighted by Gasteiger charge is -2.19. The molecule has 2 N–H and O–H groups in total. The maximum absolute atomic E-state index is 11.8. The number of carbonyl (C=O) groups excluding carboxylic acids is 1. The lowest BCUT2D eigenvalue weighted by atomic mass is 9.91. The Labute approximate surface area is 172 Å². The molecular formula is C19H12Br2O5S. The van der Waals surface area contributed by atoms with Crippen molar-refractivity contribution in [3.63, 3.8) is 0 Å². The van der Waals surface area contributed by atoms with E-state index in [9.17, 15) is 22.9 Å². The lowest BCUT2D eigenvalue weighted by molar-refractivity contribution is 0.462. The normalized spacial score (nSPS) is 16.3. The number of halogens is 2. The zero-order valence-electron chi connectivity index (χ0n) is 13.6. The van der Waals surface area contributed by atoms with E-state index in [0.717, 1.165) is 0 Å². The Kier molecular flexibility index (Phi) is 5.53. The number of ketones is 1. The van der Waals surface area contributed by atoms with Crippen LogP contribution >= 0.6 is 31.9 Å². The number of benzene rings is 2. The zero-order chi connectivity index (χ0) is 19.8. The molecule has 2 aromatic carbocycles. The van der Waals surface area contributed by atoms with Gasteiger partial charge in [0.15, 0.2) is 0 Å². The molecule has 0 fully saturated rings. The molecule has 0 atom stereocenters. The van der Waals surface area contributed by atoms with Crippen molar-refractivity contribution >= 4 is 53.3 Å². The summed E-state index contributed by atoms with van der Waals surface area (Å²) < 4.78 is 36.2. The highest BCUT2D eigenvalue weighted by atomic mass is 79.9. The minimum absolute atomic E-state index is 0.0229. The molecule has 0 radical (unpaired) electrons. The Hall–Kier alpha value is -2.00. The van der Waals surface area contributed by atoms with Crippen LogP contribution in [0.2, 0.25) is 0 Å². The number of aromatic hydroxyl groups is 1. The standard InChI is InChI=1S/C19H12Br2O5S/c20-14-9-11(5-7-16(14)22)19(12-6-8-17(23)15(21)10-12)13-3-1-2-4-18(13)27(24,25)26/h1-10,22H,(H,24,25,26)/b19-12+. The van der Waals surface area contributed by atoms with Crippen molar-refractivity contribution in [1.82, 2.24) is 0 Å². The fourth-order valence-corrected chi connectivity index (χ4v) is 4.14. The van der Waals surface area contributed by atoms with Gasteiger partial charge < -0.3 is 9.66 Å². The third-order valence-electron chi connectivity index (χ3n) is 3.90. The molecule has 0 spiro atoms. The van der Waals surface area contributed by atoms with Crippen LogP contribution in [0.25, 0.3) is 5.57 Å². The van der Waals surface area contributed by atoms with E-state index in [2.05, 4.69) is 31.9 Å². The fraction of sp³-hybridized carbons (Fsp3) is 0. The summed E-state index contributed by atoms with van der Waals surface area (Å²) >= 11 is 6.50. The molecule has 0 aromatic heterocycles. The molecule has 5 nitrogen and oxygen atoms in total. The highest BCUT2D eigenvalue weighted by molar-refractivity contribution is 9.12. The summed E-state index contributed by atoms with van der Waals surface area (Å²) in [5.74, 6) is 0.0458. The van der Waals surface area contributed by atoms with Crippen molar-refractivity contribution in [1.29, 1.82) is 0 Å². The Balaban J connectivity index is 2.40. The van der Waals surface area contributed by atoms with Gasteiger partial charge in [0.05, 0.1) is 9.37 Å². The van der Waals surface area contributed by atoms with Gasteiger partial charge in [-0.15, -0.1) is 0 Å². The van der Waals surface area contributed by atoms with Gasteiger partial charge in [0.2, 0.25) is 0 Å². The molecule has 0 saturated carbocycles. The fourth-order valence-electron chi connectivity index (χ4n) is 2.69. The van der Waals surface area contributed by atoms with Crippen LogP contribution in [0.1, 0.15) is 11.1 Å². The average Bonchev–Trinajstić information content (AvgIpc) is 2.61. The summed E-state index contributed by atoms with van der Waals surface area (Å²) in [7, 11) is -4.72. The highest BCUT2D eigenvalue weighted by Crippen LogP contribution is 2.37. The van der Waals surface area contributed by atoms with Gasteiger partial charge in [-0.05, 0) is 78.9 Å². The van der Waals surface area contributed by atoms with Gasteiger partial charge in [-0.25, -0.2) is 8.42 Å². The van der Waals surface area contributed by atoms with Crippen LogP contribution in [0.4, 0.5) is 0 Å². The second-order valence-corrected chi connectivity index (χ2v) is 8.71. The maximum Gasteiger partial charge on any atom is 0.354 e. The van der Waals surface area contributed by atoms with Crippen molar-refractivity contribution in [2.75, 3.05) is 0 Å². The second-order valence-electron chi connectivity index (χ2n) is 5.66. The third-order valence-corrected chi connectivity index (χ3v) is 6.06. The predicted octanol–water partition coefficient (Wildman–Crippen LogP) is 4.25. The Bertz CT molecular complexity index is 1140. The number of hydrogen-bond acceptors (Lipinski definition) is 4. The van der Waals surface area contributed by atoms with Crippen LogP contribution in [-0.4, -0.2) is 28.7 Å². The minimum atomic E-state index is -4.72. The minimum Gasteiger partial charge on any atom is -0.744 e. The molecule has 0 heterocycles. The molecule has 0 amide bonds. The van der Waals surface area contributed by atoms with Crippen molar-refractivity contribution in [3.05, 3.63) is 86.3 Å². The number of allylic oxidation sites excluding steroid dienone is 5. The molecule has 0 bridgehead atoms. The van der Waals surface area contributed by atoms with Crippen LogP contribution < -0.4 is 0 Å². The van der Waals surface area contributed by atoms with Gasteiger partial charge in [0.1, 0.15) is 20.4 Å². The van der Waals surface area contributed by atoms with E-state index < -0.39 is 10.1 Å². The van der Waals surface area contributed by atoms with E-state index in [4.69, 9.17) is 0 Å². The van der Waals surface area contributed by atoms with E-state index in [1.165, 1.54) is 24.3 Å². The summed E-state index contributed by atoms with van der Waals surface area (Å²) in [5.41, 5.74) is 1.84. The van der Waals surface area contributed by atoms with Crippen LogP contribution in [0.5, 0.6) is 5.75 Å². The van der Waals surface area contributed by atoms with E-state index in [-0.39, 0.29) is 22.0 Å². The first kappa shape index (κ1) is 19.8. The zero-order valence-corrected chi connectivity index (χ0v) is 17.5. The molecule has 8 heteroatoms. The van der Waals surface area contributed by atoms with E-state index in [1.54, 1.807) is 36.4 Å². The van der Waals surface area contributed by atoms with Crippen molar-refractivity contribution in [2.24, 2.45) is 0 Å². The number of phenolic OH excluding ortho intramolecular Hbond substituents is 1. The van der Waals surface area contributed by atoms with Gasteiger partial charge in [-0.2, -0.15) is 0 Å². The van der Waals surface area contributed by atoms with Gasteiger partial charge >= 0.3 is 5.78 Å². The van der Waals surface area contributed by atoms with Gasteiger partial charge in [-0.1, -0.05) is 24.3 Å². The predicted molar refractivity (Wildman–Crippen MR) is 109 cm³/mol. The first-order valence-corrected chi connectivity index (χ1v) is 10.6. The first-order valence-electron chi connectivity index (χ1n) is 7.58. The summed E-state index contributed by atoms with van der Waals surface area (Å²) in [4.78, 5) is 9.44. The second kappa shape index (κ2) is 7.55. The molecule has 0 aliphatic heterocycles. The summed E-state index contributed by atoms with van der Waals surface area (Å²) in [6, 6.07) is 10.6. The first-order chi connectivity index (χ1) is 12.7. The van der Waals surface area contributed by atoms with Crippen molar-refractivity contribution < 1.29 is 22.9 Å². The molecule has 0 unspecified atom stereocenters. The Morgan fingerprint density at radius 3 is 2.41 bits per heavy atom. The molecule has 0 saturated heterocycles. The molecule has 3 rings (SSSR count). The number of phenols is 1. The summed E-state index contributed by atoms with van der Waals surface area (Å²) in [6.07, 6.45) is 4.70. The smallest absolute Gasteiger partial charge is 0.354 e. The topological polar surface area (TPSA) is 98.8 Å². The van der Waals surface area contributed by atoms with E-state index >= 15 is 0 Å². The van der Waals surface area contributed by atoms with Crippen LogP contribution in [0, 0.1) is 0 Å². The van der Waals surface area contributed by atoms with Crippen LogP contribution in [0.3, 0.4) is 0 Å². The van der Waals surface area contributed by atoms with Crippen molar-refractivity contribution in [3.8, 4) is 5.75 Å². The largest absolute Gasteiger partial charge is 0.744 e. The van der Waals surface area contributed by atoms with E-state index in [1.807, 2.05) is 0 Å². The molecule has 27 heavy (non-hydrogen) atoms. The lowest BCUT2D eigenvalue weighted by Crippen LogP contribution is -2.06. The monoisotopic (exact) mass is 510 g/mol. The molecule has 1 aliphatic carbocycles. The van der Waals surface area contributed by atoms with Crippen molar-refractivity contribution in [2.45, 2.75) is 4.90 Å². The number of hydrogen-bond donors (Lipinski definition) is 1. The third kappa shape index (κ3) is 4.14. The average molecular weight is 512 g/mol. The summed E-state index contributed by atoms with van der Waals surface area (Å²) in [5, 5.41) is 9.79. The molecule has 2 aromatic rings. The Morgan fingerprint density at radius 2 is 1.78 bits per heavy atom. The molecule has 138 valence electrons. The van der Waals surface area contributed by atoms with Crippen LogP contribution in [0.15, 0.2) is 80.1 Å². The van der Waals surface area contributed by atoms with Crippen LogP contribution in [-0.2, 0) is 10.1 Å². The highest BCUT2D eigenvalue weighted by Gasteiger charge is 2.21. The quantitative estimate of drug-likeness (QED) is 0.491. The van der Waals surface area contributed by atoms with Gasteiger partial charge in [0.25, 0.3) is 0 Å². The van der Waals surface area contributed by atoms with Gasteiger partial charge in [0, 0.05) is 11.6 Å². The molecular weight excluding hydrogens is 500 g/mol. The SMILES string of the molecule is O=S(=O)([O-])c1ccccc1/C(=C1\C=CC(=[OH+])C(Br)=C1)c1ccc(O)c(Br)c1. The maximum atomic E-state index is 11.8. The number of rotatable bonds is 3. The Morgan fingerprint density at radius 1 is 1.07 bits per heavy atom. The van der Waals surface area contributed by atoms with E-state index in [0.29, 0.717) is 25.7 Å². The van der Waals surface area contributed by atoms with Gasteiger partial charge in [-0.3, -0.25) is 4.79 Å². The molecule has 1 aliphatic rings.